The van der Waals surface area contributed by atoms with Crippen molar-refractivity contribution in [2.75, 3.05) is 51.2 Å². The predicted octanol–water partition coefficient (Wildman–Crippen LogP) is -0.713. The molecule has 6 heteroatoms. The molecule has 3 rings (SSSR count). The summed E-state index contributed by atoms with van der Waals surface area (Å²) >= 11 is 0. The van der Waals surface area contributed by atoms with E-state index in [1.807, 2.05) is 12.1 Å². The zero-order valence-corrected chi connectivity index (χ0v) is 16.3. The SMILES string of the molecule is O=C(CCN1CCN(CCO)CC1)Nc1ccc(C2CCCC2)cc1.[Cl-]. The second-order valence-electron chi connectivity index (χ2n) is 7.31. The number of benzene rings is 1. The van der Waals surface area contributed by atoms with E-state index in [-0.39, 0.29) is 24.9 Å². The number of rotatable bonds is 7. The van der Waals surface area contributed by atoms with Crippen LogP contribution in [0.5, 0.6) is 0 Å². The molecule has 1 heterocycles. The third-order valence-corrected chi connectivity index (χ3v) is 5.56. The Labute approximate surface area is 163 Å². The monoisotopic (exact) mass is 380 g/mol. The number of nitrogens with zero attached hydrogens (tertiary/aromatic N) is 2. The van der Waals surface area contributed by atoms with E-state index < -0.39 is 0 Å². The highest BCUT2D eigenvalue weighted by atomic mass is 35.5. The van der Waals surface area contributed by atoms with Gasteiger partial charge in [0.15, 0.2) is 0 Å². The van der Waals surface area contributed by atoms with E-state index in [2.05, 4.69) is 27.2 Å². The Balaban J connectivity index is 0.00000243. The second-order valence-corrected chi connectivity index (χ2v) is 7.31. The molecule has 2 fully saturated rings. The van der Waals surface area contributed by atoms with Crippen molar-refractivity contribution in [3.63, 3.8) is 0 Å². The molecule has 1 amide bonds. The number of carbonyl (C=O) groups excluding carboxylic acids is 1. The van der Waals surface area contributed by atoms with Gasteiger partial charge in [0.25, 0.3) is 0 Å². The van der Waals surface area contributed by atoms with Gasteiger partial charge in [0.2, 0.25) is 5.91 Å². The second kappa shape index (κ2) is 10.9. The van der Waals surface area contributed by atoms with Crippen molar-refractivity contribution in [3.05, 3.63) is 29.8 Å². The number of amides is 1. The minimum atomic E-state index is 0. The van der Waals surface area contributed by atoms with Crippen LogP contribution < -0.4 is 17.7 Å². The van der Waals surface area contributed by atoms with Crippen LogP contribution in [0.25, 0.3) is 0 Å². The first-order valence-electron chi connectivity index (χ1n) is 9.70. The van der Waals surface area contributed by atoms with Gasteiger partial charge in [0, 0.05) is 51.4 Å². The molecule has 0 radical (unpaired) electrons. The Kier molecular flexibility index (Phi) is 8.85. The first-order valence-corrected chi connectivity index (χ1v) is 9.70. The van der Waals surface area contributed by atoms with Crippen LogP contribution in [0.3, 0.4) is 0 Å². The molecule has 0 unspecified atom stereocenters. The summed E-state index contributed by atoms with van der Waals surface area (Å²) in [6, 6.07) is 8.43. The zero-order valence-electron chi connectivity index (χ0n) is 15.5. The van der Waals surface area contributed by atoms with Crippen molar-refractivity contribution >= 4 is 11.6 Å². The van der Waals surface area contributed by atoms with E-state index in [9.17, 15) is 4.79 Å². The summed E-state index contributed by atoms with van der Waals surface area (Å²) in [5, 5.41) is 12.0. The third kappa shape index (κ3) is 6.23. The highest BCUT2D eigenvalue weighted by molar-refractivity contribution is 5.90. The van der Waals surface area contributed by atoms with Crippen LogP contribution in [-0.4, -0.2) is 66.7 Å². The number of hydrogen-bond donors (Lipinski definition) is 2. The smallest absolute Gasteiger partial charge is 0.225 e. The van der Waals surface area contributed by atoms with Gasteiger partial charge in [0.1, 0.15) is 0 Å². The minimum Gasteiger partial charge on any atom is -1.00 e. The van der Waals surface area contributed by atoms with Crippen LogP contribution in [0, 0.1) is 0 Å². The maximum atomic E-state index is 12.2. The molecule has 1 saturated heterocycles. The van der Waals surface area contributed by atoms with Gasteiger partial charge < -0.3 is 27.7 Å². The molecule has 2 N–H and O–H groups in total. The molecule has 5 nitrogen and oxygen atoms in total. The zero-order chi connectivity index (χ0) is 17.5. The molecule has 2 aliphatic rings. The minimum absolute atomic E-state index is 0. The highest BCUT2D eigenvalue weighted by Gasteiger charge is 2.18. The molecule has 1 saturated carbocycles. The van der Waals surface area contributed by atoms with E-state index in [1.54, 1.807) is 0 Å². The Hall–Kier alpha value is -1.14. The number of carbonyl (C=O) groups is 1. The summed E-state index contributed by atoms with van der Waals surface area (Å²) in [7, 11) is 0. The summed E-state index contributed by atoms with van der Waals surface area (Å²) < 4.78 is 0. The van der Waals surface area contributed by atoms with Crippen LogP contribution in [0.15, 0.2) is 24.3 Å². The molecular formula is C20H31ClN3O2-. The first kappa shape index (κ1) is 21.2. The topological polar surface area (TPSA) is 55.8 Å². The molecule has 0 aromatic heterocycles. The third-order valence-electron chi connectivity index (χ3n) is 5.56. The van der Waals surface area contributed by atoms with E-state index >= 15 is 0 Å². The molecule has 0 spiro atoms. The number of piperazine rings is 1. The maximum Gasteiger partial charge on any atom is 0.225 e. The van der Waals surface area contributed by atoms with Crippen molar-refractivity contribution in [2.45, 2.75) is 38.0 Å². The average molecular weight is 381 g/mol. The van der Waals surface area contributed by atoms with E-state index in [1.165, 1.54) is 31.2 Å². The number of aliphatic hydroxyl groups excluding tert-OH is 1. The Morgan fingerprint density at radius 3 is 2.15 bits per heavy atom. The number of β-amino-alcohol motifs (C(OH)–C–C–N with tert-alkyl or cyclic N) is 1. The fourth-order valence-corrected chi connectivity index (χ4v) is 3.96. The van der Waals surface area contributed by atoms with Crippen molar-refractivity contribution in [1.82, 2.24) is 9.80 Å². The lowest BCUT2D eigenvalue weighted by Gasteiger charge is -2.34. The van der Waals surface area contributed by atoms with Gasteiger partial charge in [-0.25, -0.2) is 0 Å². The van der Waals surface area contributed by atoms with Gasteiger partial charge >= 0.3 is 0 Å². The van der Waals surface area contributed by atoms with Crippen molar-refractivity contribution in [2.24, 2.45) is 0 Å². The number of halogens is 1. The van der Waals surface area contributed by atoms with Crippen LogP contribution in [0.2, 0.25) is 0 Å². The molecular weight excluding hydrogens is 350 g/mol. The summed E-state index contributed by atoms with van der Waals surface area (Å²) in [5.41, 5.74) is 2.32. The number of aliphatic hydroxyl groups is 1. The van der Waals surface area contributed by atoms with Gasteiger partial charge in [-0.3, -0.25) is 9.69 Å². The number of nitrogens with one attached hydrogen (secondary N) is 1. The van der Waals surface area contributed by atoms with Crippen molar-refractivity contribution in [3.8, 4) is 0 Å². The quantitative estimate of drug-likeness (QED) is 0.656. The standard InChI is InChI=1S/C20H31N3O2.ClH/c24-16-15-23-13-11-22(12-14-23)10-9-20(25)21-19-7-5-18(6-8-19)17-3-1-2-4-17;/h5-8,17,24H,1-4,9-16H2,(H,21,25);1H/p-1. The van der Waals surface area contributed by atoms with Crippen molar-refractivity contribution < 1.29 is 22.3 Å². The van der Waals surface area contributed by atoms with Crippen LogP contribution >= 0.6 is 0 Å². The summed E-state index contributed by atoms with van der Waals surface area (Å²) in [5.74, 6) is 0.806. The van der Waals surface area contributed by atoms with Crippen molar-refractivity contribution in [1.29, 1.82) is 0 Å². The number of anilines is 1. The molecule has 0 atom stereocenters. The lowest BCUT2D eigenvalue weighted by molar-refractivity contribution is -0.116. The van der Waals surface area contributed by atoms with Gasteiger partial charge in [-0.05, 0) is 36.5 Å². The highest BCUT2D eigenvalue weighted by Crippen LogP contribution is 2.34. The average Bonchev–Trinajstić information content (AvgIpc) is 3.17. The Morgan fingerprint density at radius 2 is 1.58 bits per heavy atom. The summed E-state index contributed by atoms with van der Waals surface area (Å²) in [6.45, 7) is 5.69. The molecule has 1 aliphatic carbocycles. The fourth-order valence-electron chi connectivity index (χ4n) is 3.96. The fraction of sp³-hybridized carbons (Fsp3) is 0.650. The van der Waals surface area contributed by atoms with Crippen LogP contribution in [0.1, 0.15) is 43.6 Å². The summed E-state index contributed by atoms with van der Waals surface area (Å²) in [6.07, 6.45) is 5.83. The maximum absolute atomic E-state index is 12.2. The largest absolute Gasteiger partial charge is 1.00 e. The molecule has 1 aromatic carbocycles. The lowest BCUT2D eigenvalue weighted by Crippen LogP contribution is -3.00. The first-order chi connectivity index (χ1) is 12.2. The van der Waals surface area contributed by atoms with Crippen LogP contribution in [0.4, 0.5) is 5.69 Å². The molecule has 146 valence electrons. The normalized spacial score (nSPS) is 19.3. The molecule has 1 aliphatic heterocycles. The van der Waals surface area contributed by atoms with E-state index in [0.29, 0.717) is 12.3 Å². The van der Waals surface area contributed by atoms with Gasteiger partial charge in [-0.15, -0.1) is 0 Å². The molecule has 1 aromatic rings. The van der Waals surface area contributed by atoms with Gasteiger partial charge in [0.05, 0.1) is 6.61 Å². The van der Waals surface area contributed by atoms with E-state index in [4.69, 9.17) is 5.11 Å². The van der Waals surface area contributed by atoms with E-state index in [0.717, 1.165) is 45.0 Å². The molecule has 0 bridgehead atoms. The van der Waals surface area contributed by atoms with Crippen LogP contribution in [-0.2, 0) is 4.79 Å². The lowest BCUT2D eigenvalue weighted by atomic mass is 9.97. The Morgan fingerprint density at radius 1 is 1.00 bits per heavy atom. The summed E-state index contributed by atoms with van der Waals surface area (Å²) in [4.78, 5) is 16.8. The number of hydrogen-bond acceptors (Lipinski definition) is 4. The Bertz CT molecular complexity index is 538. The predicted molar refractivity (Wildman–Crippen MR) is 101 cm³/mol. The van der Waals surface area contributed by atoms with Gasteiger partial charge in [-0.2, -0.15) is 0 Å². The molecule has 26 heavy (non-hydrogen) atoms. The van der Waals surface area contributed by atoms with Gasteiger partial charge in [-0.1, -0.05) is 25.0 Å².